The highest BCUT2D eigenvalue weighted by Gasteiger charge is 2.20. The molecule has 178 valence electrons. The van der Waals surface area contributed by atoms with Gasteiger partial charge < -0.3 is 14.1 Å². The molecule has 1 aromatic heterocycles. The number of furan rings is 1. The third kappa shape index (κ3) is 3.95. The molecule has 4 nitrogen and oxygen atoms in total. The number of rotatable bonds is 4. The van der Waals surface area contributed by atoms with Crippen LogP contribution in [0.5, 0.6) is 5.75 Å². The summed E-state index contributed by atoms with van der Waals surface area (Å²) in [5.74, 6) is 0.707. The maximum Gasteiger partial charge on any atom is 0.247 e. The van der Waals surface area contributed by atoms with E-state index in [0.29, 0.717) is 12.3 Å². The summed E-state index contributed by atoms with van der Waals surface area (Å²) in [6.45, 7) is 3.34. The highest BCUT2D eigenvalue weighted by atomic mass is 16.5. The van der Waals surface area contributed by atoms with E-state index in [4.69, 9.17) is 9.15 Å². The van der Waals surface area contributed by atoms with Crippen molar-refractivity contribution >= 4 is 33.2 Å². The van der Waals surface area contributed by atoms with E-state index < -0.39 is 0 Å². The predicted octanol–water partition coefficient (Wildman–Crippen LogP) is 7.25. The van der Waals surface area contributed by atoms with Gasteiger partial charge in [0.15, 0.2) is 0 Å². The molecule has 36 heavy (non-hydrogen) atoms. The molecule has 0 aliphatic carbocycles. The Morgan fingerprint density at radius 3 is 2.56 bits per heavy atom. The molecule has 0 unspecified atom stereocenters. The zero-order chi connectivity index (χ0) is 24.6. The number of ether oxygens (including phenoxy) is 1. The van der Waals surface area contributed by atoms with Crippen LogP contribution in [0.3, 0.4) is 0 Å². The molecule has 0 radical (unpaired) electrons. The van der Waals surface area contributed by atoms with Gasteiger partial charge in [0.25, 0.3) is 0 Å². The zero-order valence-corrected chi connectivity index (χ0v) is 20.5. The number of carbonyl (C=O) groups is 1. The molecule has 0 spiro atoms. The van der Waals surface area contributed by atoms with Crippen LogP contribution in [0.25, 0.3) is 38.4 Å². The van der Waals surface area contributed by atoms with Crippen molar-refractivity contribution < 1.29 is 13.9 Å². The minimum Gasteiger partial charge on any atom is -0.496 e. The van der Waals surface area contributed by atoms with Gasteiger partial charge in [-0.1, -0.05) is 60.7 Å². The first-order valence-corrected chi connectivity index (χ1v) is 12.2. The number of benzene rings is 4. The van der Waals surface area contributed by atoms with Gasteiger partial charge >= 0.3 is 0 Å². The minimum atomic E-state index is 0.0195. The Hall–Kier alpha value is -4.31. The van der Waals surface area contributed by atoms with Crippen LogP contribution in [0.4, 0.5) is 0 Å². The van der Waals surface area contributed by atoms with E-state index in [9.17, 15) is 4.79 Å². The lowest BCUT2D eigenvalue weighted by molar-refractivity contribution is -0.126. The van der Waals surface area contributed by atoms with Crippen molar-refractivity contribution in [1.29, 1.82) is 0 Å². The lowest BCUT2D eigenvalue weighted by Crippen LogP contribution is -2.34. The summed E-state index contributed by atoms with van der Waals surface area (Å²) >= 11 is 0. The topological polar surface area (TPSA) is 42.7 Å². The van der Waals surface area contributed by atoms with Gasteiger partial charge in [-0.3, -0.25) is 4.79 Å². The highest BCUT2D eigenvalue weighted by molar-refractivity contribution is 6.01. The van der Waals surface area contributed by atoms with Crippen LogP contribution in [-0.4, -0.2) is 24.5 Å². The van der Waals surface area contributed by atoms with Crippen LogP contribution in [-0.2, 0) is 17.8 Å². The maximum absolute atomic E-state index is 13.2. The fraction of sp³-hybridized carbons (Fsp3) is 0.156. The number of hydrogen-bond donors (Lipinski definition) is 0. The number of nitrogens with zero attached hydrogens (tertiary/aromatic N) is 1. The van der Waals surface area contributed by atoms with E-state index in [1.165, 1.54) is 21.9 Å². The average molecular weight is 474 g/mol. The third-order valence-electron chi connectivity index (χ3n) is 7.16. The van der Waals surface area contributed by atoms with Gasteiger partial charge in [0.1, 0.15) is 11.3 Å². The standard InChI is InChI=1S/C32H27NO3/c1-21(15-32(34)33-14-13-23-8-4-6-10-26(23)19-33)27-17-28-29(20-36-31(28)18-30(27)35-2)25-12-11-22-7-3-5-9-24(22)16-25/h3-12,15-18,20H,13-14,19H2,1-2H3/b21-15+. The summed E-state index contributed by atoms with van der Waals surface area (Å²) in [6, 6.07) is 27.1. The van der Waals surface area contributed by atoms with E-state index in [0.717, 1.165) is 46.2 Å². The lowest BCUT2D eigenvalue weighted by Gasteiger charge is -2.28. The number of methoxy groups -OCH3 is 1. The van der Waals surface area contributed by atoms with E-state index >= 15 is 0 Å². The molecular formula is C32H27NO3. The van der Waals surface area contributed by atoms with Gasteiger partial charge in [-0.25, -0.2) is 0 Å². The smallest absolute Gasteiger partial charge is 0.247 e. The number of carbonyl (C=O) groups excluding carboxylic acids is 1. The van der Waals surface area contributed by atoms with Crippen molar-refractivity contribution in [2.75, 3.05) is 13.7 Å². The molecule has 0 saturated carbocycles. The molecule has 0 saturated heterocycles. The van der Waals surface area contributed by atoms with Gasteiger partial charge in [0.2, 0.25) is 5.91 Å². The van der Waals surface area contributed by atoms with Crippen LogP contribution in [0, 0.1) is 0 Å². The van der Waals surface area contributed by atoms with E-state index in [-0.39, 0.29) is 5.91 Å². The Kier molecular flexibility index (Phi) is 5.57. The molecule has 0 fully saturated rings. The van der Waals surface area contributed by atoms with Gasteiger partial charge in [0, 0.05) is 41.7 Å². The molecule has 6 rings (SSSR count). The molecule has 1 aliphatic rings. The molecule has 1 amide bonds. The summed E-state index contributed by atoms with van der Waals surface area (Å²) in [5.41, 5.74) is 7.17. The van der Waals surface area contributed by atoms with Crippen LogP contribution in [0.1, 0.15) is 23.6 Å². The molecule has 4 heteroatoms. The van der Waals surface area contributed by atoms with Crippen LogP contribution in [0.2, 0.25) is 0 Å². The summed E-state index contributed by atoms with van der Waals surface area (Å²) in [7, 11) is 1.65. The van der Waals surface area contributed by atoms with E-state index in [2.05, 4.69) is 60.7 Å². The fourth-order valence-corrected chi connectivity index (χ4v) is 5.15. The Morgan fingerprint density at radius 1 is 0.944 bits per heavy atom. The Morgan fingerprint density at radius 2 is 1.72 bits per heavy atom. The van der Waals surface area contributed by atoms with Gasteiger partial charge in [-0.15, -0.1) is 0 Å². The molecular weight excluding hydrogens is 446 g/mol. The predicted molar refractivity (Wildman–Crippen MR) is 145 cm³/mol. The molecule has 2 heterocycles. The van der Waals surface area contributed by atoms with Gasteiger partial charge in [-0.2, -0.15) is 0 Å². The minimum absolute atomic E-state index is 0.0195. The monoisotopic (exact) mass is 473 g/mol. The Bertz CT molecular complexity index is 1640. The van der Waals surface area contributed by atoms with Crippen molar-refractivity contribution in [1.82, 2.24) is 4.90 Å². The number of allylic oxidation sites excluding steroid dienone is 1. The normalized spacial score (nSPS) is 13.7. The molecule has 4 aromatic carbocycles. The van der Waals surface area contributed by atoms with Crippen LogP contribution in [0.15, 0.2) is 95.6 Å². The first kappa shape index (κ1) is 22.2. The van der Waals surface area contributed by atoms with E-state index in [1.54, 1.807) is 19.4 Å². The average Bonchev–Trinajstić information content (AvgIpc) is 3.34. The zero-order valence-electron chi connectivity index (χ0n) is 20.5. The molecule has 0 bridgehead atoms. The quantitative estimate of drug-likeness (QED) is 0.258. The van der Waals surface area contributed by atoms with Crippen LogP contribution >= 0.6 is 0 Å². The third-order valence-corrected chi connectivity index (χ3v) is 7.16. The summed E-state index contributed by atoms with van der Waals surface area (Å²) in [4.78, 5) is 15.1. The lowest BCUT2D eigenvalue weighted by atomic mass is 9.97. The number of hydrogen-bond acceptors (Lipinski definition) is 3. The van der Waals surface area contributed by atoms with Gasteiger partial charge in [-0.05, 0) is 58.5 Å². The second-order valence-electron chi connectivity index (χ2n) is 9.37. The van der Waals surface area contributed by atoms with E-state index in [1.807, 2.05) is 30.0 Å². The Labute approximate surface area is 210 Å². The summed E-state index contributed by atoms with van der Waals surface area (Å²) in [6.07, 6.45) is 4.41. The van der Waals surface area contributed by atoms with Crippen molar-refractivity contribution in [3.63, 3.8) is 0 Å². The Balaban J connectivity index is 1.36. The maximum atomic E-state index is 13.2. The summed E-state index contributed by atoms with van der Waals surface area (Å²) in [5, 5.41) is 3.38. The van der Waals surface area contributed by atoms with Crippen LogP contribution < -0.4 is 4.74 Å². The van der Waals surface area contributed by atoms with Crippen molar-refractivity contribution in [2.24, 2.45) is 0 Å². The second-order valence-corrected chi connectivity index (χ2v) is 9.37. The molecule has 0 atom stereocenters. The second kappa shape index (κ2) is 9.04. The molecule has 1 aliphatic heterocycles. The SMILES string of the molecule is COc1cc2occ(-c3ccc4ccccc4c3)c2cc1/C(C)=C/C(=O)N1CCc2ccccc2C1. The summed E-state index contributed by atoms with van der Waals surface area (Å²) < 4.78 is 11.6. The van der Waals surface area contributed by atoms with Crippen molar-refractivity contribution in [3.8, 4) is 16.9 Å². The molecule has 0 N–H and O–H groups in total. The van der Waals surface area contributed by atoms with Crippen molar-refractivity contribution in [3.05, 3.63) is 108 Å². The number of amides is 1. The highest BCUT2D eigenvalue weighted by Crippen LogP contribution is 2.38. The first-order valence-electron chi connectivity index (χ1n) is 12.2. The molecule has 5 aromatic rings. The fourth-order valence-electron chi connectivity index (χ4n) is 5.15. The largest absolute Gasteiger partial charge is 0.496 e. The first-order chi connectivity index (χ1) is 17.6. The van der Waals surface area contributed by atoms with Crippen molar-refractivity contribution in [2.45, 2.75) is 19.9 Å². The van der Waals surface area contributed by atoms with Gasteiger partial charge in [0.05, 0.1) is 13.4 Å². The number of fused-ring (bicyclic) bond motifs is 3.